The van der Waals surface area contributed by atoms with E-state index in [0.717, 1.165) is 37.8 Å². The van der Waals surface area contributed by atoms with Crippen LogP contribution in [0.2, 0.25) is 0 Å². The van der Waals surface area contributed by atoms with Crippen molar-refractivity contribution in [1.29, 1.82) is 0 Å². The molecule has 2 heterocycles. The Hall–Kier alpha value is -2.76. The SMILES string of the molecule is CC(=O)NCC[C@H]1CCCCN1C(=O)c1cnc(-c2ccccc2)nc1C. The van der Waals surface area contributed by atoms with Crippen LogP contribution in [0, 0.1) is 6.92 Å². The highest BCUT2D eigenvalue weighted by Crippen LogP contribution is 2.23. The van der Waals surface area contributed by atoms with Crippen molar-refractivity contribution in [3.05, 3.63) is 47.8 Å². The number of piperidine rings is 1. The third-order valence-corrected chi connectivity index (χ3v) is 4.98. The van der Waals surface area contributed by atoms with E-state index in [1.165, 1.54) is 6.92 Å². The molecule has 2 amide bonds. The molecule has 6 heteroatoms. The first kappa shape index (κ1) is 19.0. The van der Waals surface area contributed by atoms with Crippen molar-refractivity contribution in [1.82, 2.24) is 20.2 Å². The maximum atomic E-state index is 13.1. The summed E-state index contributed by atoms with van der Waals surface area (Å²) in [6, 6.07) is 9.90. The zero-order valence-electron chi connectivity index (χ0n) is 15.9. The number of carbonyl (C=O) groups is 2. The van der Waals surface area contributed by atoms with Gasteiger partial charge in [-0.3, -0.25) is 9.59 Å². The van der Waals surface area contributed by atoms with Crippen LogP contribution in [-0.2, 0) is 4.79 Å². The van der Waals surface area contributed by atoms with E-state index in [1.807, 2.05) is 42.2 Å². The average Bonchev–Trinajstić information content (AvgIpc) is 2.68. The number of carbonyl (C=O) groups excluding carboxylic acids is 2. The largest absolute Gasteiger partial charge is 0.356 e. The van der Waals surface area contributed by atoms with E-state index in [4.69, 9.17) is 0 Å². The number of benzene rings is 1. The molecule has 1 aromatic heterocycles. The highest BCUT2D eigenvalue weighted by atomic mass is 16.2. The van der Waals surface area contributed by atoms with Crippen molar-refractivity contribution in [3.63, 3.8) is 0 Å². The number of likely N-dealkylation sites (tertiary alicyclic amines) is 1. The Morgan fingerprint density at radius 2 is 2.00 bits per heavy atom. The van der Waals surface area contributed by atoms with E-state index >= 15 is 0 Å². The lowest BCUT2D eigenvalue weighted by molar-refractivity contribution is -0.119. The molecule has 142 valence electrons. The number of nitrogens with one attached hydrogen (secondary N) is 1. The Kier molecular flexibility index (Phi) is 6.16. The molecule has 1 N–H and O–H groups in total. The number of rotatable bonds is 5. The van der Waals surface area contributed by atoms with Crippen molar-refractivity contribution in [3.8, 4) is 11.4 Å². The van der Waals surface area contributed by atoms with Gasteiger partial charge in [0.05, 0.1) is 11.3 Å². The third kappa shape index (κ3) is 4.70. The average molecular weight is 366 g/mol. The van der Waals surface area contributed by atoms with Gasteiger partial charge >= 0.3 is 0 Å². The van der Waals surface area contributed by atoms with Crippen molar-refractivity contribution >= 4 is 11.8 Å². The molecule has 27 heavy (non-hydrogen) atoms. The lowest BCUT2D eigenvalue weighted by Crippen LogP contribution is -2.45. The second-order valence-corrected chi connectivity index (χ2v) is 6.98. The molecule has 1 aromatic carbocycles. The monoisotopic (exact) mass is 366 g/mol. The van der Waals surface area contributed by atoms with Crippen LogP contribution in [0.1, 0.15) is 48.7 Å². The van der Waals surface area contributed by atoms with Crippen LogP contribution in [0.15, 0.2) is 36.5 Å². The van der Waals surface area contributed by atoms with Crippen LogP contribution in [0.4, 0.5) is 0 Å². The highest BCUT2D eigenvalue weighted by Gasteiger charge is 2.28. The third-order valence-electron chi connectivity index (χ3n) is 4.98. The number of hydrogen-bond acceptors (Lipinski definition) is 4. The minimum absolute atomic E-state index is 0.0142. The minimum Gasteiger partial charge on any atom is -0.356 e. The fraction of sp³-hybridized carbons (Fsp3) is 0.429. The van der Waals surface area contributed by atoms with Gasteiger partial charge in [0.2, 0.25) is 5.91 Å². The molecule has 1 aliphatic heterocycles. The number of nitrogens with zero attached hydrogens (tertiary/aromatic N) is 3. The number of aromatic nitrogens is 2. The zero-order chi connectivity index (χ0) is 19.2. The van der Waals surface area contributed by atoms with Crippen molar-refractivity contribution in [2.75, 3.05) is 13.1 Å². The molecule has 0 radical (unpaired) electrons. The summed E-state index contributed by atoms with van der Waals surface area (Å²) in [6.07, 6.45) is 5.49. The molecule has 0 saturated carbocycles. The molecule has 0 bridgehead atoms. The standard InChI is InChI=1S/C21H26N4O2/c1-15-19(14-23-20(24-15)17-8-4-3-5-9-17)21(27)25-13-7-6-10-18(25)11-12-22-16(2)26/h3-5,8-9,14,18H,6-7,10-13H2,1-2H3,(H,22,26)/t18-/m1/s1. The maximum Gasteiger partial charge on any atom is 0.257 e. The Labute approximate surface area is 160 Å². The van der Waals surface area contributed by atoms with Gasteiger partial charge in [-0.1, -0.05) is 30.3 Å². The summed E-state index contributed by atoms with van der Waals surface area (Å²) in [6.45, 7) is 4.70. The summed E-state index contributed by atoms with van der Waals surface area (Å²) in [7, 11) is 0. The van der Waals surface area contributed by atoms with Gasteiger partial charge in [0.25, 0.3) is 5.91 Å². The number of aryl methyl sites for hydroxylation is 1. The predicted molar refractivity (Wildman–Crippen MR) is 104 cm³/mol. The summed E-state index contributed by atoms with van der Waals surface area (Å²) in [5.74, 6) is 0.578. The normalized spacial score (nSPS) is 16.8. The van der Waals surface area contributed by atoms with Crippen molar-refractivity contribution in [2.45, 2.75) is 45.6 Å². The Bertz CT molecular complexity index is 807. The fourth-order valence-electron chi connectivity index (χ4n) is 3.54. The molecule has 0 unspecified atom stereocenters. The molecule has 1 fully saturated rings. The van der Waals surface area contributed by atoms with E-state index in [2.05, 4.69) is 15.3 Å². The van der Waals surface area contributed by atoms with Crippen LogP contribution in [-0.4, -0.2) is 45.8 Å². The molecule has 3 rings (SSSR count). The van der Waals surface area contributed by atoms with E-state index < -0.39 is 0 Å². The van der Waals surface area contributed by atoms with Gasteiger partial charge in [0, 0.05) is 37.8 Å². The van der Waals surface area contributed by atoms with Gasteiger partial charge in [-0.2, -0.15) is 0 Å². The molecule has 2 aromatic rings. The van der Waals surface area contributed by atoms with Crippen LogP contribution in [0.3, 0.4) is 0 Å². The Morgan fingerprint density at radius 3 is 2.70 bits per heavy atom. The van der Waals surface area contributed by atoms with Crippen LogP contribution < -0.4 is 5.32 Å². The summed E-state index contributed by atoms with van der Waals surface area (Å²) >= 11 is 0. The Morgan fingerprint density at radius 1 is 1.22 bits per heavy atom. The maximum absolute atomic E-state index is 13.1. The van der Waals surface area contributed by atoms with E-state index in [0.29, 0.717) is 23.6 Å². The van der Waals surface area contributed by atoms with Gasteiger partial charge in [-0.15, -0.1) is 0 Å². The predicted octanol–water partition coefficient (Wildman–Crippen LogP) is 2.97. The van der Waals surface area contributed by atoms with Gasteiger partial charge in [0.1, 0.15) is 0 Å². The van der Waals surface area contributed by atoms with E-state index in [9.17, 15) is 9.59 Å². The van der Waals surface area contributed by atoms with Gasteiger partial charge in [-0.25, -0.2) is 9.97 Å². The van der Waals surface area contributed by atoms with E-state index in [-0.39, 0.29) is 17.9 Å². The van der Waals surface area contributed by atoms with Crippen LogP contribution >= 0.6 is 0 Å². The number of hydrogen-bond donors (Lipinski definition) is 1. The summed E-state index contributed by atoms with van der Waals surface area (Å²) in [5.41, 5.74) is 2.19. The van der Waals surface area contributed by atoms with Gasteiger partial charge < -0.3 is 10.2 Å². The lowest BCUT2D eigenvalue weighted by Gasteiger charge is -2.36. The summed E-state index contributed by atoms with van der Waals surface area (Å²) in [4.78, 5) is 35.1. The fourth-order valence-corrected chi connectivity index (χ4v) is 3.54. The molecule has 1 atom stereocenters. The number of amides is 2. The molecular weight excluding hydrogens is 340 g/mol. The molecular formula is C21H26N4O2. The molecule has 6 nitrogen and oxygen atoms in total. The van der Waals surface area contributed by atoms with Crippen LogP contribution in [0.5, 0.6) is 0 Å². The molecule has 1 aliphatic rings. The van der Waals surface area contributed by atoms with Crippen molar-refractivity contribution in [2.24, 2.45) is 0 Å². The topological polar surface area (TPSA) is 75.2 Å². The highest BCUT2D eigenvalue weighted by molar-refractivity contribution is 5.95. The van der Waals surface area contributed by atoms with Gasteiger partial charge in [-0.05, 0) is 32.6 Å². The Balaban J connectivity index is 1.76. The van der Waals surface area contributed by atoms with E-state index in [1.54, 1.807) is 6.20 Å². The smallest absolute Gasteiger partial charge is 0.257 e. The second-order valence-electron chi connectivity index (χ2n) is 6.98. The van der Waals surface area contributed by atoms with Crippen LogP contribution in [0.25, 0.3) is 11.4 Å². The second kappa shape index (κ2) is 8.75. The van der Waals surface area contributed by atoms with Crippen molar-refractivity contribution < 1.29 is 9.59 Å². The van der Waals surface area contributed by atoms with Gasteiger partial charge in [0.15, 0.2) is 5.82 Å². The zero-order valence-corrected chi connectivity index (χ0v) is 15.9. The quantitative estimate of drug-likeness (QED) is 0.883. The summed E-state index contributed by atoms with van der Waals surface area (Å²) in [5, 5.41) is 2.83. The molecule has 0 aliphatic carbocycles. The first-order chi connectivity index (χ1) is 13.1. The molecule has 0 spiro atoms. The first-order valence-electron chi connectivity index (χ1n) is 9.50. The first-order valence-corrected chi connectivity index (χ1v) is 9.50. The minimum atomic E-state index is -0.0376. The lowest BCUT2D eigenvalue weighted by atomic mass is 9.98. The summed E-state index contributed by atoms with van der Waals surface area (Å²) < 4.78 is 0. The molecule has 1 saturated heterocycles.